The summed E-state index contributed by atoms with van der Waals surface area (Å²) in [5, 5.41) is 17.6. The second-order valence-corrected chi connectivity index (χ2v) is 11.0. The van der Waals surface area contributed by atoms with Gasteiger partial charge in [-0.05, 0) is 25.1 Å². The van der Waals surface area contributed by atoms with Gasteiger partial charge >= 0.3 is 0 Å². The van der Waals surface area contributed by atoms with Gasteiger partial charge in [-0.3, -0.25) is 14.9 Å². The maximum Gasteiger partial charge on any atom is 0.295 e. The Morgan fingerprint density at radius 2 is 1.57 bits per heavy atom. The lowest BCUT2D eigenvalue weighted by molar-refractivity contribution is -0.384. The van der Waals surface area contributed by atoms with Crippen LogP contribution in [0.4, 0.5) is 11.4 Å². The highest BCUT2D eigenvalue weighted by Crippen LogP contribution is 2.30. The van der Waals surface area contributed by atoms with E-state index >= 15 is 0 Å². The van der Waals surface area contributed by atoms with Crippen molar-refractivity contribution >= 4 is 32.2 Å². The number of sulfonamides is 1. The quantitative estimate of drug-likeness (QED) is 0.283. The molecule has 0 radical (unpaired) electrons. The highest BCUT2D eigenvalue weighted by molar-refractivity contribution is 7.89. The molecule has 10 nitrogen and oxygen atoms in total. The molecule has 1 aliphatic heterocycles. The van der Waals surface area contributed by atoms with Crippen LogP contribution in [0.5, 0.6) is 0 Å². The zero-order valence-corrected chi connectivity index (χ0v) is 21.0. The molecule has 1 fully saturated rings. The Balaban J connectivity index is 1.64. The van der Waals surface area contributed by atoms with Crippen molar-refractivity contribution in [2.75, 3.05) is 36.8 Å². The molecule has 37 heavy (non-hydrogen) atoms. The number of hydrogen-bond acceptors (Lipinski definition) is 7. The van der Waals surface area contributed by atoms with Crippen LogP contribution in [0, 0.1) is 10.1 Å². The Labute approximate surface area is 213 Å². The summed E-state index contributed by atoms with van der Waals surface area (Å²) in [6.07, 6.45) is 0. The Hall–Kier alpha value is -4.09. The van der Waals surface area contributed by atoms with Crippen LogP contribution in [0.25, 0.3) is 27.7 Å². The molecule has 1 aromatic heterocycles. The monoisotopic (exact) mass is 519 g/mol. The van der Waals surface area contributed by atoms with Gasteiger partial charge in [0, 0.05) is 48.9 Å². The Kier molecular flexibility index (Phi) is 6.48. The SMILES string of the molecule is CCS(=O)(=O)N1CCN(c2ccc([N+](=O)[O-])c(-n3nc(-c4ccccc4)c4ccccc4c3=O)c2)CC1. The third-order valence-electron chi connectivity index (χ3n) is 6.60. The van der Waals surface area contributed by atoms with Gasteiger partial charge in [-0.2, -0.15) is 14.1 Å². The largest absolute Gasteiger partial charge is 0.369 e. The molecule has 0 atom stereocenters. The number of nitro groups is 1. The van der Waals surface area contributed by atoms with E-state index in [9.17, 15) is 23.3 Å². The molecular weight excluding hydrogens is 494 g/mol. The van der Waals surface area contributed by atoms with E-state index in [0.717, 1.165) is 10.2 Å². The van der Waals surface area contributed by atoms with Crippen LogP contribution in [-0.4, -0.2) is 59.4 Å². The van der Waals surface area contributed by atoms with E-state index in [0.29, 0.717) is 48.3 Å². The normalized spacial score (nSPS) is 14.7. The standard InChI is InChI=1S/C26H25N5O5S/c1-2-37(35,36)29-16-14-28(15-17-29)20-12-13-23(31(33)34)24(18-20)30-26(32)22-11-7-6-10-21(22)25(27-30)19-8-4-3-5-9-19/h3-13,18H,2,14-17H2,1H3. The number of hydrogen-bond donors (Lipinski definition) is 0. The Morgan fingerprint density at radius 1 is 0.919 bits per heavy atom. The number of rotatable bonds is 6. The third kappa shape index (κ3) is 4.58. The lowest BCUT2D eigenvalue weighted by Crippen LogP contribution is -2.49. The molecule has 0 spiro atoms. The van der Waals surface area contributed by atoms with E-state index in [1.807, 2.05) is 47.4 Å². The van der Waals surface area contributed by atoms with E-state index in [2.05, 4.69) is 5.10 Å². The van der Waals surface area contributed by atoms with Crippen molar-refractivity contribution in [1.29, 1.82) is 0 Å². The van der Waals surface area contributed by atoms with E-state index in [-0.39, 0.29) is 17.1 Å². The average molecular weight is 520 g/mol. The van der Waals surface area contributed by atoms with Gasteiger partial charge in [0.2, 0.25) is 10.0 Å². The van der Waals surface area contributed by atoms with Gasteiger partial charge in [-0.1, -0.05) is 48.5 Å². The summed E-state index contributed by atoms with van der Waals surface area (Å²) in [6, 6.07) is 21.0. The molecule has 0 bridgehead atoms. The highest BCUT2D eigenvalue weighted by atomic mass is 32.2. The van der Waals surface area contributed by atoms with Crippen LogP contribution in [0.3, 0.4) is 0 Å². The first kappa shape index (κ1) is 24.6. The van der Waals surface area contributed by atoms with Gasteiger partial charge in [-0.25, -0.2) is 8.42 Å². The summed E-state index contributed by atoms with van der Waals surface area (Å²) in [5.74, 6) is 0.0367. The van der Waals surface area contributed by atoms with Gasteiger partial charge < -0.3 is 4.90 Å². The zero-order valence-electron chi connectivity index (χ0n) is 20.1. The van der Waals surface area contributed by atoms with Crippen molar-refractivity contribution in [3.63, 3.8) is 0 Å². The predicted molar refractivity (Wildman–Crippen MR) is 143 cm³/mol. The van der Waals surface area contributed by atoms with Crippen LogP contribution >= 0.6 is 0 Å². The number of anilines is 1. The minimum absolute atomic E-state index is 0.0367. The van der Waals surface area contributed by atoms with Crippen LogP contribution in [0.1, 0.15) is 6.92 Å². The van der Waals surface area contributed by atoms with E-state index < -0.39 is 20.5 Å². The second-order valence-electron chi connectivity index (χ2n) is 8.69. The first-order chi connectivity index (χ1) is 17.8. The van der Waals surface area contributed by atoms with E-state index in [1.165, 1.54) is 10.4 Å². The molecule has 190 valence electrons. The number of fused-ring (bicyclic) bond motifs is 1. The molecule has 3 aromatic carbocycles. The summed E-state index contributed by atoms with van der Waals surface area (Å²) in [7, 11) is -3.29. The minimum atomic E-state index is -3.29. The average Bonchev–Trinajstić information content (AvgIpc) is 2.93. The van der Waals surface area contributed by atoms with Crippen LogP contribution in [0.15, 0.2) is 77.6 Å². The summed E-state index contributed by atoms with van der Waals surface area (Å²) >= 11 is 0. The summed E-state index contributed by atoms with van der Waals surface area (Å²) in [5.41, 5.74) is 1.30. The summed E-state index contributed by atoms with van der Waals surface area (Å²) in [6.45, 7) is 3.09. The fourth-order valence-corrected chi connectivity index (χ4v) is 5.69. The molecule has 2 heterocycles. The van der Waals surface area contributed by atoms with Crippen LogP contribution in [0.2, 0.25) is 0 Å². The van der Waals surface area contributed by atoms with Crippen molar-refractivity contribution in [3.05, 3.63) is 93.3 Å². The van der Waals surface area contributed by atoms with E-state index in [4.69, 9.17) is 0 Å². The van der Waals surface area contributed by atoms with E-state index in [1.54, 1.807) is 31.2 Å². The van der Waals surface area contributed by atoms with Crippen LogP contribution in [-0.2, 0) is 10.0 Å². The topological polar surface area (TPSA) is 119 Å². The molecule has 4 aromatic rings. The molecule has 0 amide bonds. The minimum Gasteiger partial charge on any atom is -0.369 e. The molecule has 0 aliphatic carbocycles. The number of nitro benzene ring substituents is 1. The van der Waals surface area contributed by atoms with Gasteiger partial charge in [-0.15, -0.1) is 0 Å². The molecule has 1 saturated heterocycles. The molecule has 0 unspecified atom stereocenters. The number of aromatic nitrogens is 2. The van der Waals surface area contributed by atoms with Crippen molar-refractivity contribution in [2.24, 2.45) is 0 Å². The Morgan fingerprint density at radius 3 is 2.22 bits per heavy atom. The fourth-order valence-electron chi connectivity index (χ4n) is 4.60. The maximum atomic E-state index is 13.6. The van der Waals surface area contributed by atoms with Crippen molar-refractivity contribution < 1.29 is 13.3 Å². The predicted octanol–water partition coefficient (Wildman–Crippen LogP) is 3.43. The Bertz CT molecular complexity index is 1650. The molecule has 1 aliphatic rings. The van der Waals surface area contributed by atoms with Gasteiger partial charge in [0.25, 0.3) is 11.2 Å². The molecule has 0 saturated carbocycles. The maximum absolute atomic E-state index is 13.6. The van der Waals surface area contributed by atoms with Crippen molar-refractivity contribution in [1.82, 2.24) is 14.1 Å². The first-order valence-electron chi connectivity index (χ1n) is 11.9. The second kappa shape index (κ2) is 9.75. The van der Waals surface area contributed by atoms with Crippen molar-refractivity contribution in [2.45, 2.75) is 6.92 Å². The number of piperazine rings is 1. The molecule has 0 N–H and O–H groups in total. The lowest BCUT2D eigenvalue weighted by atomic mass is 10.1. The molecular formula is C26H25N5O5S. The third-order valence-corrected chi connectivity index (χ3v) is 8.48. The number of benzene rings is 3. The lowest BCUT2D eigenvalue weighted by Gasteiger charge is -2.35. The van der Waals surface area contributed by atoms with Crippen LogP contribution < -0.4 is 10.5 Å². The first-order valence-corrected chi connectivity index (χ1v) is 13.5. The summed E-state index contributed by atoms with van der Waals surface area (Å²) < 4.78 is 27.0. The van der Waals surface area contributed by atoms with Crippen molar-refractivity contribution in [3.8, 4) is 16.9 Å². The number of nitrogens with zero attached hydrogens (tertiary/aromatic N) is 5. The highest BCUT2D eigenvalue weighted by Gasteiger charge is 2.27. The molecule has 5 rings (SSSR count). The van der Waals surface area contributed by atoms with Gasteiger partial charge in [0.05, 0.1) is 21.8 Å². The smallest absolute Gasteiger partial charge is 0.295 e. The molecule has 11 heteroatoms. The van der Waals surface area contributed by atoms with Gasteiger partial charge in [0.1, 0.15) is 5.69 Å². The van der Waals surface area contributed by atoms with Gasteiger partial charge in [0.15, 0.2) is 0 Å². The summed E-state index contributed by atoms with van der Waals surface area (Å²) in [4.78, 5) is 27.0. The zero-order chi connectivity index (χ0) is 26.2. The fraction of sp³-hybridized carbons (Fsp3) is 0.231.